The highest BCUT2D eigenvalue weighted by atomic mass is 32.1. The van der Waals surface area contributed by atoms with E-state index in [2.05, 4.69) is 5.32 Å². The summed E-state index contributed by atoms with van der Waals surface area (Å²) in [5.41, 5.74) is 3.47. The highest BCUT2D eigenvalue weighted by Gasteiger charge is 2.27. The van der Waals surface area contributed by atoms with Crippen molar-refractivity contribution in [3.8, 4) is 11.5 Å². The molecule has 0 saturated heterocycles. The molecule has 1 N–H and O–H groups in total. The Balaban J connectivity index is 1.33. The smallest absolute Gasteiger partial charge is 0.341 e. The molecule has 5 rings (SSSR count). The zero-order chi connectivity index (χ0) is 28.8. The van der Waals surface area contributed by atoms with Gasteiger partial charge in [-0.05, 0) is 54.7 Å². The van der Waals surface area contributed by atoms with E-state index in [0.717, 1.165) is 27.1 Å². The summed E-state index contributed by atoms with van der Waals surface area (Å²) < 4.78 is 21.7. The molecule has 2 heterocycles. The van der Waals surface area contributed by atoms with Crippen LogP contribution in [-0.4, -0.2) is 37.9 Å². The number of nitrogens with one attached hydrogen (secondary N) is 1. The van der Waals surface area contributed by atoms with Gasteiger partial charge < -0.3 is 24.3 Å². The number of thiophene rings is 1. The van der Waals surface area contributed by atoms with Gasteiger partial charge in [-0.1, -0.05) is 66.7 Å². The number of esters is 2. The first-order chi connectivity index (χ1) is 19.9. The zero-order valence-corrected chi connectivity index (χ0v) is 23.5. The molecule has 8 nitrogen and oxygen atoms in total. The Hall–Kier alpha value is -4.63. The van der Waals surface area contributed by atoms with Crippen molar-refractivity contribution in [2.24, 2.45) is 0 Å². The molecule has 3 aromatic carbocycles. The summed E-state index contributed by atoms with van der Waals surface area (Å²) in [5, 5.41) is 3.12. The van der Waals surface area contributed by atoms with Crippen molar-refractivity contribution < 1.29 is 33.3 Å². The van der Waals surface area contributed by atoms with Crippen LogP contribution in [0.3, 0.4) is 0 Å². The van der Waals surface area contributed by atoms with Crippen LogP contribution in [0.4, 0.5) is 5.00 Å². The maximum absolute atomic E-state index is 13.2. The second-order valence-corrected chi connectivity index (χ2v) is 10.6. The molecule has 41 heavy (non-hydrogen) atoms. The average molecular weight is 572 g/mol. The van der Waals surface area contributed by atoms with Crippen molar-refractivity contribution in [1.29, 1.82) is 0 Å². The van der Waals surface area contributed by atoms with Crippen molar-refractivity contribution in [3.63, 3.8) is 0 Å². The number of ether oxygens (including phenoxy) is 4. The molecule has 4 aromatic rings. The van der Waals surface area contributed by atoms with Crippen molar-refractivity contribution in [1.82, 2.24) is 0 Å². The lowest BCUT2D eigenvalue weighted by Gasteiger charge is -2.17. The van der Waals surface area contributed by atoms with E-state index >= 15 is 0 Å². The third kappa shape index (κ3) is 6.41. The minimum absolute atomic E-state index is 0.169. The van der Waals surface area contributed by atoms with Crippen LogP contribution in [0.5, 0.6) is 11.5 Å². The molecule has 1 amide bonds. The van der Waals surface area contributed by atoms with Crippen molar-refractivity contribution in [3.05, 3.63) is 112 Å². The van der Waals surface area contributed by atoms with Crippen LogP contribution in [0.1, 0.15) is 50.3 Å². The topological polar surface area (TPSA) is 100 Å². The fourth-order valence-electron chi connectivity index (χ4n) is 4.69. The molecular weight excluding hydrogens is 542 g/mol. The normalized spacial score (nSPS) is 11.8. The first-order valence-electron chi connectivity index (χ1n) is 13.2. The van der Waals surface area contributed by atoms with E-state index in [4.69, 9.17) is 18.9 Å². The number of carbonyl (C=O) groups excluding carboxylic acids is 3. The van der Waals surface area contributed by atoms with E-state index in [-0.39, 0.29) is 19.0 Å². The Bertz CT molecular complexity index is 1510. The van der Waals surface area contributed by atoms with Crippen molar-refractivity contribution >= 4 is 34.2 Å². The van der Waals surface area contributed by atoms with Gasteiger partial charge in [0.15, 0.2) is 18.1 Å². The number of rotatable bonds is 10. The maximum atomic E-state index is 13.2. The SMILES string of the molecule is CCOC(=O)c1c(NC(=O)COC(=O)C(c2ccccc2)c2ccccc2)sc(C)c1Cc1ccc2c(c1)OCO2. The summed E-state index contributed by atoms with van der Waals surface area (Å²) in [5.74, 6) is -1.00. The monoisotopic (exact) mass is 571 g/mol. The molecule has 0 radical (unpaired) electrons. The Morgan fingerprint density at radius 1 is 0.902 bits per heavy atom. The third-order valence-corrected chi connectivity index (χ3v) is 7.67. The molecule has 210 valence electrons. The van der Waals surface area contributed by atoms with Crippen LogP contribution in [0.25, 0.3) is 0 Å². The van der Waals surface area contributed by atoms with E-state index in [1.54, 1.807) is 6.92 Å². The largest absolute Gasteiger partial charge is 0.462 e. The number of anilines is 1. The molecule has 0 fully saturated rings. The molecule has 0 bridgehead atoms. The number of amides is 1. The van der Waals surface area contributed by atoms with Gasteiger partial charge in [-0.15, -0.1) is 11.3 Å². The molecule has 1 aliphatic rings. The van der Waals surface area contributed by atoms with Crippen LogP contribution in [0, 0.1) is 6.92 Å². The van der Waals surface area contributed by atoms with E-state index in [9.17, 15) is 14.4 Å². The van der Waals surface area contributed by atoms with Gasteiger partial charge in [-0.2, -0.15) is 0 Å². The van der Waals surface area contributed by atoms with Crippen LogP contribution in [0.2, 0.25) is 0 Å². The van der Waals surface area contributed by atoms with Crippen LogP contribution in [-0.2, 0) is 25.5 Å². The van der Waals surface area contributed by atoms with Crippen molar-refractivity contribution in [2.75, 3.05) is 25.3 Å². The summed E-state index contributed by atoms with van der Waals surface area (Å²) in [7, 11) is 0. The highest BCUT2D eigenvalue weighted by Crippen LogP contribution is 2.38. The summed E-state index contributed by atoms with van der Waals surface area (Å²) >= 11 is 1.27. The van der Waals surface area contributed by atoms with Gasteiger partial charge in [-0.3, -0.25) is 9.59 Å². The summed E-state index contributed by atoms with van der Waals surface area (Å²) in [6.45, 7) is 3.45. The molecule has 1 aromatic heterocycles. The van der Waals surface area contributed by atoms with Crippen LogP contribution < -0.4 is 14.8 Å². The number of benzene rings is 3. The maximum Gasteiger partial charge on any atom is 0.341 e. The number of carbonyl (C=O) groups is 3. The Morgan fingerprint density at radius 2 is 1.56 bits per heavy atom. The summed E-state index contributed by atoms with van der Waals surface area (Å²) in [6.07, 6.45) is 0.424. The van der Waals surface area contributed by atoms with E-state index < -0.39 is 30.4 Å². The second kappa shape index (κ2) is 12.7. The second-order valence-electron chi connectivity index (χ2n) is 9.34. The number of fused-ring (bicyclic) bond motifs is 1. The third-order valence-electron chi connectivity index (χ3n) is 6.61. The number of hydrogen-bond donors (Lipinski definition) is 1. The lowest BCUT2D eigenvalue weighted by molar-refractivity contribution is -0.147. The Morgan fingerprint density at radius 3 is 2.22 bits per heavy atom. The van der Waals surface area contributed by atoms with Gasteiger partial charge in [0.2, 0.25) is 6.79 Å². The first kappa shape index (κ1) is 27.9. The van der Waals surface area contributed by atoms with E-state index in [1.165, 1.54) is 11.3 Å². The van der Waals surface area contributed by atoms with Crippen LogP contribution >= 0.6 is 11.3 Å². The molecule has 0 saturated carbocycles. The van der Waals surface area contributed by atoms with Gasteiger partial charge in [0.25, 0.3) is 5.91 Å². The van der Waals surface area contributed by atoms with Gasteiger partial charge in [0.05, 0.1) is 12.2 Å². The molecular formula is C32H29NO7S. The molecule has 0 atom stereocenters. The molecule has 9 heteroatoms. The van der Waals surface area contributed by atoms with Gasteiger partial charge in [0.1, 0.15) is 10.9 Å². The lowest BCUT2D eigenvalue weighted by atomic mass is 9.91. The predicted molar refractivity (Wildman–Crippen MR) is 155 cm³/mol. The minimum Gasteiger partial charge on any atom is -0.462 e. The number of aryl methyl sites for hydroxylation is 1. The lowest BCUT2D eigenvalue weighted by Crippen LogP contribution is -2.25. The predicted octanol–water partition coefficient (Wildman–Crippen LogP) is 5.87. The van der Waals surface area contributed by atoms with Gasteiger partial charge >= 0.3 is 11.9 Å². The highest BCUT2D eigenvalue weighted by molar-refractivity contribution is 7.16. The summed E-state index contributed by atoms with van der Waals surface area (Å²) in [6, 6.07) is 24.1. The van der Waals surface area contributed by atoms with Gasteiger partial charge in [-0.25, -0.2) is 4.79 Å². The fraction of sp³-hybridized carbons (Fsp3) is 0.219. The number of hydrogen-bond acceptors (Lipinski definition) is 8. The first-order valence-corrected chi connectivity index (χ1v) is 14.0. The Kier molecular flexibility index (Phi) is 8.64. The molecule has 0 spiro atoms. The average Bonchev–Trinajstić information content (AvgIpc) is 3.57. The molecule has 0 aliphatic carbocycles. The van der Waals surface area contributed by atoms with Crippen LogP contribution in [0.15, 0.2) is 78.9 Å². The molecule has 0 unspecified atom stereocenters. The fourth-order valence-corrected chi connectivity index (χ4v) is 5.77. The minimum atomic E-state index is -0.683. The standard InChI is InChI=1S/C32H29NO7S/c1-3-37-32(36)29-24(16-21-14-15-25-26(17-21)40-19-39-25)20(2)41-30(29)33-27(34)18-38-31(35)28(22-10-6-4-7-11-22)23-12-8-5-9-13-23/h4-15,17,28H,3,16,18-19H2,1-2H3,(H,33,34). The summed E-state index contributed by atoms with van der Waals surface area (Å²) in [4.78, 5) is 40.1. The van der Waals surface area contributed by atoms with E-state index in [0.29, 0.717) is 22.9 Å². The van der Waals surface area contributed by atoms with E-state index in [1.807, 2.05) is 85.8 Å². The van der Waals surface area contributed by atoms with Gasteiger partial charge in [0, 0.05) is 4.88 Å². The zero-order valence-electron chi connectivity index (χ0n) is 22.7. The van der Waals surface area contributed by atoms with Crippen molar-refractivity contribution in [2.45, 2.75) is 26.2 Å². The molecule has 1 aliphatic heterocycles. The Labute approximate surface area is 241 Å². The quantitative estimate of drug-likeness (QED) is 0.238.